The SMILES string of the molecule is COc1ccc(OCCSc2nnc3n(Cc4ccccc4)c4ccccc4n23)cc1. The highest BCUT2D eigenvalue weighted by atomic mass is 32.2. The summed E-state index contributed by atoms with van der Waals surface area (Å²) in [5.41, 5.74) is 3.49. The van der Waals surface area contributed by atoms with Gasteiger partial charge in [0.1, 0.15) is 11.5 Å². The molecule has 2 aromatic heterocycles. The van der Waals surface area contributed by atoms with Gasteiger partial charge in [-0.2, -0.15) is 0 Å². The zero-order valence-electron chi connectivity index (χ0n) is 17.1. The number of aromatic nitrogens is 4. The minimum atomic E-state index is 0.578. The van der Waals surface area contributed by atoms with Crippen molar-refractivity contribution in [3.8, 4) is 11.5 Å². The largest absolute Gasteiger partial charge is 0.497 e. The Labute approximate surface area is 184 Å². The van der Waals surface area contributed by atoms with Crippen LogP contribution in [0.15, 0.2) is 84.0 Å². The maximum absolute atomic E-state index is 5.85. The predicted molar refractivity (Wildman–Crippen MR) is 123 cm³/mol. The molecule has 0 saturated heterocycles. The lowest BCUT2D eigenvalue weighted by Crippen LogP contribution is -2.01. The third-order valence-electron chi connectivity index (χ3n) is 5.10. The number of benzene rings is 3. The van der Waals surface area contributed by atoms with E-state index < -0.39 is 0 Å². The zero-order valence-corrected chi connectivity index (χ0v) is 18.0. The van der Waals surface area contributed by atoms with Gasteiger partial charge in [-0.25, -0.2) is 0 Å². The van der Waals surface area contributed by atoms with Crippen LogP contribution in [0.4, 0.5) is 0 Å². The molecule has 0 aliphatic rings. The van der Waals surface area contributed by atoms with Gasteiger partial charge in [0.2, 0.25) is 5.78 Å². The van der Waals surface area contributed by atoms with Crippen LogP contribution in [0.2, 0.25) is 0 Å². The third kappa shape index (κ3) is 3.96. The Morgan fingerprint density at radius 1 is 0.806 bits per heavy atom. The molecule has 0 spiro atoms. The Kier molecular flexibility index (Phi) is 5.50. The topological polar surface area (TPSA) is 53.6 Å². The molecule has 0 aliphatic heterocycles. The summed E-state index contributed by atoms with van der Waals surface area (Å²) in [6.07, 6.45) is 0. The van der Waals surface area contributed by atoms with E-state index in [0.29, 0.717) is 6.61 Å². The standard InChI is InChI=1S/C24H22N4O2S/c1-29-19-11-13-20(14-12-19)30-15-16-31-24-26-25-23-27(17-18-7-3-2-4-8-18)21-9-5-6-10-22(21)28(23)24/h2-14H,15-17H2,1H3. The number of rotatable bonds is 8. The van der Waals surface area contributed by atoms with Crippen molar-refractivity contribution in [3.05, 3.63) is 84.4 Å². The zero-order chi connectivity index (χ0) is 21.0. The van der Waals surface area contributed by atoms with Gasteiger partial charge < -0.3 is 14.0 Å². The summed E-state index contributed by atoms with van der Waals surface area (Å²) in [6, 6.07) is 26.4. The fourth-order valence-corrected chi connectivity index (χ4v) is 4.37. The predicted octanol–water partition coefficient (Wildman–Crippen LogP) is 4.91. The number of imidazole rings is 1. The summed E-state index contributed by atoms with van der Waals surface area (Å²) in [4.78, 5) is 0. The summed E-state index contributed by atoms with van der Waals surface area (Å²) in [5, 5.41) is 9.84. The van der Waals surface area contributed by atoms with Gasteiger partial charge in [-0.05, 0) is 42.0 Å². The lowest BCUT2D eigenvalue weighted by molar-refractivity contribution is 0.342. The molecule has 5 rings (SSSR count). The maximum atomic E-state index is 5.85. The second-order valence-corrected chi connectivity index (χ2v) is 8.11. The molecule has 0 atom stereocenters. The van der Waals surface area contributed by atoms with Gasteiger partial charge in [0.15, 0.2) is 5.16 Å². The van der Waals surface area contributed by atoms with Crippen LogP contribution in [0.3, 0.4) is 0 Å². The lowest BCUT2D eigenvalue weighted by atomic mass is 10.2. The number of methoxy groups -OCH3 is 1. The van der Waals surface area contributed by atoms with Gasteiger partial charge in [0.25, 0.3) is 0 Å². The number of hydrogen-bond acceptors (Lipinski definition) is 5. The van der Waals surface area contributed by atoms with Crippen molar-refractivity contribution in [2.75, 3.05) is 19.5 Å². The molecule has 7 heteroatoms. The van der Waals surface area contributed by atoms with Crippen LogP contribution in [-0.2, 0) is 6.54 Å². The highest BCUT2D eigenvalue weighted by molar-refractivity contribution is 7.99. The number of para-hydroxylation sites is 2. The van der Waals surface area contributed by atoms with E-state index in [0.717, 1.165) is 45.8 Å². The number of nitrogens with zero attached hydrogens (tertiary/aromatic N) is 4. The van der Waals surface area contributed by atoms with Crippen LogP contribution in [0.5, 0.6) is 11.5 Å². The van der Waals surface area contributed by atoms with Crippen molar-refractivity contribution in [2.45, 2.75) is 11.7 Å². The molecule has 0 amide bonds. The van der Waals surface area contributed by atoms with E-state index in [9.17, 15) is 0 Å². The normalized spacial score (nSPS) is 11.3. The maximum Gasteiger partial charge on any atom is 0.237 e. The first kappa shape index (κ1) is 19.5. The van der Waals surface area contributed by atoms with Crippen molar-refractivity contribution < 1.29 is 9.47 Å². The van der Waals surface area contributed by atoms with Crippen molar-refractivity contribution in [2.24, 2.45) is 0 Å². The molecule has 3 aromatic carbocycles. The molecule has 6 nitrogen and oxygen atoms in total. The Balaban J connectivity index is 1.35. The molecule has 0 bridgehead atoms. The minimum absolute atomic E-state index is 0.578. The molecule has 156 valence electrons. The van der Waals surface area contributed by atoms with Gasteiger partial charge >= 0.3 is 0 Å². The third-order valence-corrected chi connectivity index (χ3v) is 5.99. The fourth-order valence-electron chi connectivity index (χ4n) is 3.62. The molecule has 0 N–H and O–H groups in total. The van der Waals surface area contributed by atoms with Crippen LogP contribution < -0.4 is 9.47 Å². The summed E-state index contributed by atoms with van der Waals surface area (Å²) in [6.45, 7) is 1.33. The molecule has 0 unspecified atom stereocenters. The van der Waals surface area contributed by atoms with Crippen molar-refractivity contribution in [1.29, 1.82) is 0 Å². The average molecular weight is 431 g/mol. The molecule has 0 aliphatic carbocycles. The van der Waals surface area contributed by atoms with Gasteiger partial charge in [-0.15, -0.1) is 10.2 Å². The number of ether oxygens (including phenoxy) is 2. The van der Waals surface area contributed by atoms with Crippen molar-refractivity contribution >= 4 is 28.6 Å². The summed E-state index contributed by atoms with van der Waals surface area (Å²) < 4.78 is 15.4. The molecule has 5 aromatic rings. The summed E-state index contributed by atoms with van der Waals surface area (Å²) >= 11 is 1.64. The molecule has 0 saturated carbocycles. The van der Waals surface area contributed by atoms with E-state index in [4.69, 9.17) is 9.47 Å². The monoisotopic (exact) mass is 430 g/mol. The first-order valence-corrected chi connectivity index (χ1v) is 11.1. The molecule has 0 radical (unpaired) electrons. The quantitative estimate of drug-likeness (QED) is 0.259. The van der Waals surface area contributed by atoms with E-state index >= 15 is 0 Å². The van der Waals surface area contributed by atoms with Crippen LogP contribution in [-0.4, -0.2) is 38.6 Å². The van der Waals surface area contributed by atoms with E-state index in [1.807, 2.05) is 30.3 Å². The first-order chi connectivity index (χ1) is 15.3. The van der Waals surface area contributed by atoms with E-state index in [2.05, 4.69) is 67.7 Å². The van der Waals surface area contributed by atoms with E-state index in [1.165, 1.54) is 5.56 Å². The highest BCUT2D eigenvalue weighted by Crippen LogP contribution is 2.27. The molecular weight excluding hydrogens is 408 g/mol. The number of hydrogen-bond donors (Lipinski definition) is 0. The second kappa shape index (κ2) is 8.73. The van der Waals surface area contributed by atoms with Gasteiger partial charge in [0, 0.05) is 5.75 Å². The van der Waals surface area contributed by atoms with Crippen LogP contribution in [0.1, 0.15) is 5.56 Å². The second-order valence-electron chi connectivity index (χ2n) is 7.05. The Morgan fingerprint density at radius 3 is 2.29 bits per heavy atom. The average Bonchev–Trinajstić information content (AvgIpc) is 3.37. The Morgan fingerprint density at radius 2 is 1.52 bits per heavy atom. The molecule has 0 fully saturated rings. The summed E-state index contributed by atoms with van der Waals surface area (Å²) in [7, 11) is 1.66. The molecule has 2 heterocycles. The summed E-state index contributed by atoms with van der Waals surface area (Å²) in [5.74, 6) is 3.26. The van der Waals surface area contributed by atoms with E-state index in [-0.39, 0.29) is 0 Å². The lowest BCUT2D eigenvalue weighted by Gasteiger charge is -2.06. The van der Waals surface area contributed by atoms with Crippen LogP contribution in [0.25, 0.3) is 16.8 Å². The molecular formula is C24H22N4O2S. The molecule has 31 heavy (non-hydrogen) atoms. The first-order valence-electron chi connectivity index (χ1n) is 10.1. The van der Waals surface area contributed by atoms with Gasteiger partial charge in [-0.3, -0.25) is 4.40 Å². The Bertz CT molecular complexity index is 1300. The van der Waals surface area contributed by atoms with Crippen LogP contribution in [0, 0.1) is 0 Å². The number of fused-ring (bicyclic) bond motifs is 3. The van der Waals surface area contributed by atoms with Crippen molar-refractivity contribution in [1.82, 2.24) is 19.2 Å². The smallest absolute Gasteiger partial charge is 0.237 e. The van der Waals surface area contributed by atoms with Crippen molar-refractivity contribution in [3.63, 3.8) is 0 Å². The number of thioether (sulfide) groups is 1. The van der Waals surface area contributed by atoms with Gasteiger partial charge in [0.05, 0.1) is 31.3 Å². The Hall–Kier alpha value is -3.45. The minimum Gasteiger partial charge on any atom is -0.497 e. The fraction of sp³-hybridized carbons (Fsp3) is 0.167. The highest BCUT2D eigenvalue weighted by Gasteiger charge is 2.17. The van der Waals surface area contributed by atoms with Crippen LogP contribution >= 0.6 is 11.8 Å². The van der Waals surface area contributed by atoms with E-state index in [1.54, 1.807) is 18.9 Å². The van der Waals surface area contributed by atoms with Gasteiger partial charge in [-0.1, -0.05) is 54.2 Å².